The first-order chi connectivity index (χ1) is 8.54. The number of benzene rings is 1. The van der Waals surface area contributed by atoms with Crippen LogP contribution in [0.15, 0.2) is 28.7 Å². The quantitative estimate of drug-likeness (QED) is 0.859. The van der Waals surface area contributed by atoms with Crippen molar-refractivity contribution in [1.29, 1.82) is 0 Å². The summed E-state index contributed by atoms with van der Waals surface area (Å²) in [5.41, 5.74) is 4.09. The zero-order valence-electron chi connectivity index (χ0n) is 11.2. The minimum atomic E-state index is 0.278. The van der Waals surface area contributed by atoms with Crippen molar-refractivity contribution in [3.63, 3.8) is 0 Å². The molecule has 0 aliphatic heterocycles. The third-order valence-corrected chi connectivity index (χ3v) is 5.61. The van der Waals surface area contributed by atoms with E-state index in [1.165, 1.54) is 30.9 Å². The van der Waals surface area contributed by atoms with Crippen molar-refractivity contribution in [3.8, 4) is 0 Å². The fourth-order valence-corrected chi connectivity index (χ4v) is 3.85. The molecule has 0 radical (unpaired) electrons. The maximum atomic E-state index is 3.60. The molecule has 1 aromatic carbocycles. The minimum Gasteiger partial charge on any atom is -0.309 e. The van der Waals surface area contributed by atoms with Gasteiger partial charge >= 0.3 is 0 Å². The average Bonchev–Trinajstić information content (AvgIpc) is 2.66. The molecule has 2 rings (SSSR count). The van der Waals surface area contributed by atoms with E-state index in [1.54, 1.807) is 0 Å². The normalized spacial score (nSPS) is 12.7. The Bertz CT molecular complexity index is 540. The molecule has 0 amide bonds. The molecule has 96 valence electrons. The van der Waals surface area contributed by atoms with E-state index in [2.05, 4.69) is 66.3 Å². The first-order valence-corrected chi connectivity index (χ1v) is 7.64. The van der Waals surface area contributed by atoms with Crippen LogP contribution in [0.1, 0.15) is 32.5 Å². The summed E-state index contributed by atoms with van der Waals surface area (Å²) in [6, 6.07) is 9.02. The molecule has 18 heavy (non-hydrogen) atoms. The average molecular weight is 324 g/mol. The van der Waals surface area contributed by atoms with Crippen molar-refractivity contribution in [2.45, 2.75) is 26.8 Å². The third-order valence-electron chi connectivity index (χ3n) is 3.41. The molecule has 0 fully saturated rings. The number of halogens is 1. The van der Waals surface area contributed by atoms with Crippen LogP contribution in [-0.4, -0.2) is 7.05 Å². The summed E-state index contributed by atoms with van der Waals surface area (Å²) in [5.74, 6) is 0. The van der Waals surface area contributed by atoms with Crippen molar-refractivity contribution in [3.05, 3.63) is 55.2 Å². The fraction of sp³-hybridized carbons (Fsp3) is 0.333. The van der Waals surface area contributed by atoms with Crippen LogP contribution >= 0.6 is 27.3 Å². The van der Waals surface area contributed by atoms with Crippen molar-refractivity contribution in [2.75, 3.05) is 7.05 Å². The van der Waals surface area contributed by atoms with E-state index in [-0.39, 0.29) is 6.04 Å². The van der Waals surface area contributed by atoms with Crippen molar-refractivity contribution in [1.82, 2.24) is 5.32 Å². The summed E-state index contributed by atoms with van der Waals surface area (Å²) in [6.07, 6.45) is 0. The lowest BCUT2D eigenvalue weighted by Gasteiger charge is -2.18. The Kier molecular flexibility index (Phi) is 4.25. The molecule has 2 aromatic rings. The zero-order valence-corrected chi connectivity index (χ0v) is 13.6. The number of rotatable bonds is 3. The maximum Gasteiger partial charge on any atom is 0.0671 e. The van der Waals surface area contributed by atoms with Gasteiger partial charge in [-0.2, -0.15) is 0 Å². The lowest BCUT2D eigenvalue weighted by molar-refractivity contribution is 0.698. The Hall–Kier alpha value is -0.640. The topological polar surface area (TPSA) is 12.0 Å². The summed E-state index contributed by atoms with van der Waals surface area (Å²) < 4.78 is 1.20. The number of thiophene rings is 1. The van der Waals surface area contributed by atoms with Crippen LogP contribution in [-0.2, 0) is 0 Å². The summed E-state index contributed by atoms with van der Waals surface area (Å²) in [5, 5.41) is 3.43. The first kappa shape index (κ1) is 13.8. The van der Waals surface area contributed by atoms with Crippen molar-refractivity contribution in [2.24, 2.45) is 0 Å². The van der Waals surface area contributed by atoms with Gasteiger partial charge in [-0.3, -0.25) is 0 Å². The smallest absolute Gasteiger partial charge is 0.0671 e. The molecule has 0 saturated carbocycles. The molecular formula is C15H18BrNS. The van der Waals surface area contributed by atoms with Crippen LogP contribution < -0.4 is 5.32 Å². The summed E-state index contributed by atoms with van der Waals surface area (Å²) >= 11 is 5.45. The summed E-state index contributed by atoms with van der Waals surface area (Å²) in [6.45, 7) is 6.51. The van der Waals surface area contributed by atoms with Crippen molar-refractivity contribution >= 4 is 27.3 Å². The van der Waals surface area contributed by atoms with Gasteiger partial charge in [0.15, 0.2) is 0 Å². The molecule has 1 aromatic heterocycles. The van der Waals surface area contributed by atoms with E-state index in [0.29, 0.717) is 0 Å². The molecule has 1 nitrogen and oxygen atoms in total. The summed E-state index contributed by atoms with van der Waals surface area (Å²) in [7, 11) is 2.02. The Labute approximate surface area is 121 Å². The Morgan fingerprint density at radius 2 is 1.94 bits per heavy atom. The second-order valence-electron chi connectivity index (χ2n) is 4.56. The van der Waals surface area contributed by atoms with Crippen LogP contribution in [0.3, 0.4) is 0 Å². The second-order valence-corrected chi connectivity index (χ2v) is 6.71. The van der Waals surface area contributed by atoms with E-state index in [9.17, 15) is 0 Å². The zero-order chi connectivity index (χ0) is 13.3. The second kappa shape index (κ2) is 5.55. The standard InChI is InChI=1S/C15H18BrNS/c1-9-6-5-7-12(10(9)2)15(17-4)14-8-13(16)11(3)18-14/h5-8,15,17H,1-4H3. The molecule has 0 saturated heterocycles. The highest BCUT2D eigenvalue weighted by atomic mass is 79.9. The Balaban J connectivity index is 2.48. The molecule has 0 spiro atoms. The highest BCUT2D eigenvalue weighted by Crippen LogP contribution is 2.35. The number of hydrogen-bond acceptors (Lipinski definition) is 2. The molecule has 1 unspecified atom stereocenters. The van der Waals surface area contributed by atoms with E-state index in [1.807, 2.05) is 18.4 Å². The van der Waals surface area contributed by atoms with E-state index < -0.39 is 0 Å². The van der Waals surface area contributed by atoms with Gasteiger partial charge in [0, 0.05) is 14.2 Å². The number of hydrogen-bond donors (Lipinski definition) is 1. The molecule has 1 heterocycles. The van der Waals surface area contributed by atoms with E-state index >= 15 is 0 Å². The van der Waals surface area contributed by atoms with E-state index in [4.69, 9.17) is 0 Å². The van der Waals surface area contributed by atoms with Crippen LogP contribution in [0, 0.1) is 20.8 Å². The van der Waals surface area contributed by atoms with Gasteiger partial charge in [0.05, 0.1) is 6.04 Å². The minimum absolute atomic E-state index is 0.278. The van der Waals surface area contributed by atoms with Crippen LogP contribution in [0.25, 0.3) is 0 Å². The molecule has 1 N–H and O–H groups in total. The van der Waals surface area contributed by atoms with Crippen LogP contribution in [0.5, 0.6) is 0 Å². The van der Waals surface area contributed by atoms with Gasteiger partial charge in [-0.25, -0.2) is 0 Å². The molecule has 0 bridgehead atoms. The number of nitrogens with one attached hydrogen (secondary N) is 1. The van der Waals surface area contributed by atoms with Crippen LogP contribution in [0.4, 0.5) is 0 Å². The van der Waals surface area contributed by atoms with Crippen molar-refractivity contribution < 1.29 is 0 Å². The monoisotopic (exact) mass is 323 g/mol. The molecule has 1 atom stereocenters. The summed E-state index contributed by atoms with van der Waals surface area (Å²) in [4.78, 5) is 2.69. The van der Waals surface area contributed by atoms with Gasteiger partial charge in [-0.05, 0) is 66.5 Å². The van der Waals surface area contributed by atoms with Gasteiger partial charge in [0.25, 0.3) is 0 Å². The predicted molar refractivity (Wildman–Crippen MR) is 83.6 cm³/mol. The van der Waals surface area contributed by atoms with E-state index in [0.717, 1.165) is 0 Å². The third kappa shape index (κ3) is 2.53. The van der Waals surface area contributed by atoms with Gasteiger partial charge in [0.2, 0.25) is 0 Å². The van der Waals surface area contributed by atoms with Gasteiger partial charge in [-0.15, -0.1) is 11.3 Å². The van der Waals surface area contributed by atoms with Crippen LogP contribution in [0.2, 0.25) is 0 Å². The highest BCUT2D eigenvalue weighted by molar-refractivity contribution is 9.10. The van der Waals surface area contributed by atoms with Gasteiger partial charge in [0.1, 0.15) is 0 Å². The molecule has 3 heteroatoms. The predicted octanol–water partition coefficient (Wildman–Crippen LogP) is 4.74. The Morgan fingerprint density at radius 3 is 2.50 bits per heavy atom. The largest absolute Gasteiger partial charge is 0.309 e. The highest BCUT2D eigenvalue weighted by Gasteiger charge is 2.17. The van der Waals surface area contributed by atoms with Gasteiger partial charge in [-0.1, -0.05) is 18.2 Å². The SMILES string of the molecule is CNC(c1cc(Br)c(C)s1)c1cccc(C)c1C. The van der Waals surface area contributed by atoms with Gasteiger partial charge < -0.3 is 5.32 Å². The fourth-order valence-electron chi connectivity index (χ4n) is 2.16. The lowest BCUT2D eigenvalue weighted by atomic mass is 9.96. The lowest BCUT2D eigenvalue weighted by Crippen LogP contribution is -2.17. The Morgan fingerprint density at radius 1 is 1.22 bits per heavy atom. The molecular weight excluding hydrogens is 306 g/mol. The first-order valence-electron chi connectivity index (χ1n) is 6.03. The molecule has 0 aliphatic rings. The maximum absolute atomic E-state index is 3.60. The molecule has 0 aliphatic carbocycles. The number of aryl methyl sites for hydroxylation is 2.